The highest BCUT2D eigenvalue weighted by atomic mass is 16.5. The molecule has 0 spiro atoms. The zero-order chi connectivity index (χ0) is 14.3. The molecule has 0 aliphatic carbocycles. The normalized spacial score (nSPS) is 29.9. The molecule has 4 atom stereocenters. The van der Waals surface area contributed by atoms with Crippen molar-refractivity contribution < 1.29 is 4.74 Å². The molecule has 2 aliphatic rings. The second-order valence-electron chi connectivity index (χ2n) is 6.60. The zero-order valence-corrected chi connectivity index (χ0v) is 13.2. The van der Waals surface area contributed by atoms with Gasteiger partial charge in [0, 0.05) is 12.0 Å². The van der Waals surface area contributed by atoms with Crippen molar-refractivity contribution >= 4 is 0 Å². The SMILES string of the molecule is CCNC(c1cc(C)c(C)cc1C)C1CC2CCC1O2. The summed E-state index contributed by atoms with van der Waals surface area (Å²) in [5.41, 5.74) is 5.70. The molecule has 20 heavy (non-hydrogen) atoms. The molecule has 2 heteroatoms. The van der Waals surface area contributed by atoms with Crippen molar-refractivity contribution in [3.05, 3.63) is 34.4 Å². The molecule has 0 aromatic heterocycles. The molecule has 2 fully saturated rings. The topological polar surface area (TPSA) is 21.3 Å². The minimum absolute atomic E-state index is 0.453. The Labute approximate surface area is 122 Å². The summed E-state index contributed by atoms with van der Waals surface area (Å²) < 4.78 is 6.09. The number of hydrogen-bond donors (Lipinski definition) is 1. The van der Waals surface area contributed by atoms with Gasteiger partial charge < -0.3 is 10.1 Å². The number of fused-ring (bicyclic) bond motifs is 2. The molecule has 2 aliphatic heterocycles. The molecule has 0 amide bonds. The predicted octanol–water partition coefficient (Wildman–Crippen LogP) is 3.83. The Kier molecular flexibility index (Phi) is 3.87. The Bertz CT molecular complexity index is 496. The lowest BCUT2D eigenvalue weighted by Crippen LogP contribution is -2.34. The van der Waals surface area contributed by atoms with E-state index in [-0.39, 0.29) is 0 Å². The molecule has 2 nitrogen and oxygen atoms in total. The molecule has 0 radical (unpaired) electrons. The number of aryl methyl sites for hydroxylation is 3. The Hall–Kier alpha value is -0.860. The van der Waals surface area contributed by atoms with Crippen LogP contribution < -0.4 is 5.32 Å². The van der Waals surface area contributed by atoms with Crippen molar-refractivity contribution in [1.29, 1.82) is 0 Å². The van der Waals surface area contributed by atoms with Crippen molar-refractivity contribution in [2.45, 2.75) is 65.2 Å². The van der Waals surface area contributed by atoms with Gasteiger partial charge in [0.1, 0.15) is 0 Å². The summed E-state index contributed by atoms with van der Waals surface area (Å²) in [5.74, 6) is 0.648. The Morgan fingerprint density at radius 1 is 1.15 bits per heavy atom. The smallest absolute Gasteiger partial charge is 0.0627 e. The summed E-state index contributed by atoms with van der Waals surface area (Å²) in [4.78, 5) is 0. The molecule has 0 saturated carbocycles. The molecule has 3 rings (SSSR count). The van der Waals surface area contributed by atoms with E-state index in [0.29, 0.717) is 24.2 Å². The summed E-state index contributed by atoms with van der Waals surface area (Å²) >= 11 is 0. The van der Waals surface area contributed by atoms with Gasteiger partial charge in [-0.25, -0.2) is 0 Å². The van der Waals surface area contributed by atoms with Crippen molar-refractivity contribution in [2.24, 2.45) is 5.92 Å². The van der Waals surface area contributed by atoms with Crippen LogP contribution >= 0.6 is 0 Å². The van der Waals surface area contributed by atoms with Gasteiger partial charge in [0.25, 0.3) is 0 Å². The summed E-state index contributed by atoms with van der Waals surface area (Å²) in [5, 5.41) is 3.73. The maximum atomic E-state index is 6.09. The number of benzene rings is 1. The lowest BCUT2D eigenvalue weighted by atomic mass is 9.79. The van der Waals surface area contributed by atoms with Crippen LogP contribution in [0.2, 0.25) is 0 Å². The Balaban J connectivity index is 1.92. The lowest BCUT2D eigenvalue weighted by molar-refractivity contribution is 0.0857. The van der Waals surface area contributed by atoms with Crippen LogP contribution in [0.25, 0.3) is 0 Å². The molecular formula is C18H27NO. The largest absolute Gasteiger partial charge is 0.375 e. The van der Waals surface area contributed by atoms with Crippen LogP contribution in [0.1, 0.15) is 54.5 Å². The molecule has 2 heterocycles. The van der Waals surface area contributed by atoms with E-state index in [4.69, 9.17) is 4.74 Å². The van der Waals surface area contributed by atoms with Crippen molar-refractivity contribution in [2.75, 3.05) is 6.54 Å². The van der Waals surface area contributed by atoms with Gasteiger partial charge in [-0.05, 0) is 68.8 Å². The minimum Gasteiger partial charge on any atom is -0.375 e. The highest BCUT2D eigenvalue weighted by Gasteiger charge is 2.44. The van der Waals surface area contributed by atoms with E-state index in [1.807, 2.05) is 0 Å². The average molecular weight is 273 g/mol. The second kappa shape index (κ2) is 5.50. The predicted molar refractivity (Wildman–Crippen MR) is 83.1 cm³/mol. The number of ether oxygens (including phenoxy) is 1. The van der Waals surface area contributed by atoms with Crippen LogP contribution in [0.5, 0.6) is 0 Å². The maximum absolute atomic E-state index is 6.09. The standard InChI is InChI=1S/C18H27NO/c1-5-19-18(16-10-14-6-7-17(16)20-14)15-9-12(3)11(2)8-13(15)4/h8-9,14,16-19H,5-7,10H2,1-4H3. The molecule has 1 aromatic carbocycles. The van der Waals surface area contributed by atoms with Crippen LogP contribution in [0.15, 0.2) is 12.1 Å². The first-order valence-corrected chi connectivity index (χ1v) is 8.06. The van der Waals surface area contributed by atoms with Gasteiger partial charge in [-0.2, -0.15) is 0 Å². The Morgan fingerprint density at radius 3 is 2.50 bits per heavy atom. The van der Waals surface area contributed by atoms with E-state index in [2.05, 4.69) is 45.1 Å². The molecule has 1 N–H and O–H groups in total. The van der Waals surface area contributed by atoms with Crippen LogP contribution in [0.3, 0.4) is 0 Å². The van der Waals surface area contributed by atoms with E-state index in [0.717, 1.165) is 6.54 Å². The van der Waals surface area contributed by atoms with Crippen LogP contribution in [-0.2, 0) is 4.74 Å². The summed E-state index contributed by atoms with van der Waals surface area (Å²) in [7, 11) is 0. The fourth-order valence-electron chi connectivity index (χ4n) is 4.06. The number of rotatable bonds is 4. The van der Waals surface area contributed by atoms with Gasteiger partial charge in [0.05, 0.1) is 12.2 Å². The van der Waals surface area contributed by atoms with Gasteiger partial charge in [0.15, 0.2) is 0 Å². The summed E-state index contributed by atoms with van der Waals surface area (Å²) in [6.07, 6.45) is 4.75. The fraction of sp³-hybridized carbons (Fsp3) is 0.667. The highest BCUT2D eigenvalue weighted by Crippen LogP contribution is 2.45. The Morgan fingerprint density at radius 2 is 1.90 bits per heavy atom. The third-order valence-electron chi connectivity index (χ3n) is 5.22. The first-order chi connectivity index (χ1) is 9.60. The summed E-state index contributed by atoms with van der Waals surface area (Å²) in [6.45, 7) is 9.90. The zero-order valence-electron chi connectivity index (χ0n) is 13.2. The van der Waals surface area contributed by atoms with Gasteiger partial charge in [0.2, 0.25) is 0 Å². The van der Waals surface area contributed by atoms with E-state index < -0.39 is 0 Å². The van der Waals surface area contributed by atoms with Crippen molar-refractivity contribution in [3.8, 4) is 0 Å². The number of nitrogens with one attached hydrogen (secondary N) is 1. The number of hydrogen-bond acceptors (Lipinski definition) is 2. The summed E-state index contributed by atoms with van der Waals surface area (Å²) in [6, 6.07) is 5.18. The van der Waals surface area contributed by atoms with Crippen LogP contribution in [-0.4, -0.2) is 18.8 Å². The molecule has 2 saturated heterocycles. The molecule has 4 unspecified atom stereocenters. The van der Waals surface area contributed by atoms with Gasteiger partial charge in [-0.3, -0.25) is 0 Å². The second-order valence-corrected chi connectivity index (χ2v) is 6.60. The van der Waals surface area contributed by atoms with Crippen LogP contribution in [0.4, 0.5) is 0 Å². The minimum atomic E-state index is 0.453. The van der Waals surface area contributed by atoms with Gasteiger partial charge in [-0.15, -0.1) is 0 Å². The van der Waals surface area contributed by atoms with Crippen LogP contribution in [0, 0.1) is 26.7 Å². The highest BCUT2D eigenvalue weighted by molar-refractivity contribution is 5.39. The van der Waals surface area contributed by atoms with E-state index in [9.17, 15) is 0 Å². The van der Waals surface area contributed by atoms with Gasteiger partial charge >= 0.3 is 0 Å². The van der Waals surface area contributed by atoms with E-state index in [1.54, 1.807) is 0 Å². The van der Waals surface area contributed by atoms with E-state index >= 15 is 0 Å². The van der Waals surface area contributed by atoms with Crippen molar-refractivity contribution in [3.63, 3.8) is 0 Å². The monoisotopic (exact) mass is 273 g/mol. The van der Waals surface area contributed by atoms with Crippen molar-refractivity contribution in [1.82, 2.24) is 5.32 Å². The molecule has 110 valence electrons. The first-order valence-electron chi connectivity index (χ1n) is 8.06. The molecular weight excluding hydrogens is 246 g/mol. The average Bonchev–Trinajstić information content (AvgIpc) is 3.03. The maximum Gasteiger partial charge on any atom is 0.0627 e. The third kappa shape index (κ3) is 2.40. The molecule has 2 bridgehead atoms. The molecule has 1 aromatic rings. The van der Waals surface area contributed by atoms with Gasteiger partial charge in [-0.1, -0.05) is 19.1 Å². The van der Waals surface area contributed by atoms with E-state index in [1.165, 1.54) is 41.5 Å². The lowest BCUT2D eigenvalue weighted by Gasteiger charge is -2.31. The third-order valence-corrected chi connectivity index (χ3v) is 5.22. The first kappa shape index (κ1) is 14.1. The quantitative estimate of drug-likeness (QED) is 0.900. The fourth-order valence-corrected chi connectivity index (χ4v) is 4.06.